The Hall–Kier alpha value is -5.24. The number of para-hydroxylation sites is 2. The van der Waals surface area contributed by atoms with E-state index in [0.717, 1.165) is 0 Å². The molecule has 0 aliphatic heterocycles. The lowest BCUT2D eigenvalue weighted by atomic mass is 10.1. The number of hydrogen-bond acceptors (Lipinski definition) is 4. The fourth-order valence-corrected chi connectivity index (χ4v) is 4.00. The van der Waals surface area contributed by atoms with Gasteiger partial charge in [-0.1, -0.05) is 36.4 Å². The van der Waals surface area contributed by atoms with E-state index in [1.54, 1.807) is 79.7 Å². The molecule has 0 unspecified atom stereocenters. The van der Waals surface area contributed by atoms with Crippen LogP contribution in [0, 0.1) is 6.92 Å². The zero-order chi connectivity index (χ0) is 25.8. The highest BCUT2D eigenvalue weighted by Crippen LogP contribution is 2.18. The van der Waals surface area contributed by atoms with Crippen molar-refractivity contribution in [1.82, 2.24) is 9.55 Å². The second kappa shape index (κ2) is 10.2. The molecule has 0 bridgehead atoms. The molecular formula is C29H23N5O3. The summed E-state index contributed by atoms with van der Waals surface area (Å²) in [6.45, 7) is 1.77. The zero-order valence-corrected chi connectivity index (χ0v) is 19.9. The van der Waals surface area contributed by atoms with E-state index in [1.807, 2.05) is 30.3 Å². The Bertz CT molecular complexity index is 1660. The van der Waals surface area contributed by atoms with Gasteiger partial charge in [0.15, 0.2) is 0 Å². The zero-order valence-electron chi connectivity index (χ0n) is 19.9. The minimum atomic E-state index is -0.390. The highest BCUT2D eigenvalue weighted by Gasteiger charge is 2.12. The van der Waals surface area contributed by atoms with E-state index in [9.17, 15) is 14.4 Å². The maximum Gasteiger partial charge on any atom is 0.323 e. The van der Waals surface area contributed by atoms with Crippen LogP contribution < -0.4 is 21.5 Å². The van der Waals surface area contributed by atoms with Gasteiger partial charge in [-0.05, 0) is 73.7 Å². The lowest BCUT2D eigenvalue weighted by Gasteiger charge is -2.12. The number of carbonyl (C=O) groups is 2. The number of hydrogen-bond donors (Lipinski definition) is 3. The molecular weight excluding hydrogens is 466 g/mol. The molecule has 0 atom stereocenters. The van der Waals surface area contributed by atoms with Gasteiger partial charge in [-0.15, -0.1) is 0 Å². The van der Waals surface area contributed by atoms with Crippen LogP contribution in [0.5, 0.6) is 0 Å². The summed E-state index contributed by atoms with van der Waals surface area (Å²) in [4.78, 5) is 42.7. The summed E-state index contributed by atoms with van der Waals surface area (Å²) in [7, 11) is 0. The Morgan fingerprint density at radius 3 is 2.08 bits per heavy atom. The molecule has 0 aliphatic carbocycles. The maximum absolute atomic E-state index is 13.0. The summed E-state index contributed by atoms with van der Waals surface area (Å²) in [6, 6.07) is 29.5. The third-order valence-corrected chi connectivity index (χ3v) is 5.74. The highest BCUT2D eigenvalue weighted by atomic mass is 16.2. The van der Waals surface area contributed by atoms with Gasteiger partial charge in [0.05, 0.1) is 16.6 Å². The van der Waals surface area contributed by atoms with Crippen LogP contribution in [-0.4, -0.2) is 21.5 Å². The van der Waals surface area contributed by atoms with Gasteiger partial charge < -0.3 is 16.0 Å². The van der Waals surface area contributed by atoms with Gasteiger partial charge in [-0.3, -0.25) is 14.2 Å². The van der Waals surface area contributed by atoms with Gasteiger partial charge in [0.25, 0.3) is 11.5 Å². The van der Waals surface area contributed by atoms with Crippen LogP contribution in [0.15, 0.2) is 108 Å². The molecule has 0 aliphatic rings. The number of nitrogens with zero attached hydrogens (tertiary/aromatic N) is 2. The smallest absolute Gasteiger partial charge is 0.322 e. The molecule has 8 heteroatoms. The lowest BCUT2D eigenvalue weighted by molar-refractivity contribution is 0.102. The van der Waals surface area contributed by atoms with Crippen molar-refractivity contribution in [3.63, 3.8) is 0 Å². The number of nitrogens with one attached hydrogen (secondary N) is 3. The Kier molecular flexibility index (Phi) is 6.46. The molecule has 8 nitrogen and oxygen atoms in total. The van der Waals surface area contributed by atoms with E-state index in [1.165, 1.54) is 4.57 Å². The second-order valence-corrected chi connectivity index (χ2v) is 8.34. The summed E-state index contributed by atoms with van der Waals surface area (Å²) < 4.78 is 1.53. The van der Waals surface area contributed by atoms with Crippen LogP contribution in [0.1, 0.15) is 16.2 Å². The van der Waals surface area contributed by atoms with Gasteiger partial charge >= 0.3 is 6.03 Å². The number of aryl methyl sites for hydroxylation is 1. The van der Waals surface area contributed by atoms with Crippen LogP contribution in [0.25, 0.3) is 16.6 Å². The molecule has 0 saturated heterocycles. The third-order valence-electron chi connectivity index (χ3n) is 5.74. The molecule has 5 rings (SSSR count). The highest BCUT2D eigenvalue weighted by molar-refractivity contribution is 6.05. The first-order chi connectivity index (χ1) is 18.0. The Balaban J connectivity index is 1.29. The topological polar surface area (TPSA) is 105 Å². The molecule has 0 radical (unpaired) electrons. The molecule has 1 heterocycles. The Labute approximate surface area is 212 Å². The SMILES string of the molecule is Cc1nc2ccccc2c(=O)n1-c1ccc(C(=O)Nc2cccc(NC(=O)Nc3ccccc3)c2)cc1. The van der Waals surface area contributed by atoms with Gasteiger partial charge in [-0.25, -0.2) is 9.78 Å². The van der Waals surface area contributed by atoms with Gasteiger partial charge in [0, 0.05) is 22.6 Å². The van der Waals surface area contributed by atoms with Crippen LogP contribution in [0.4, 0.5) is 21.9 Å². The van der Waals surface area contributed by atoms with E-state index in [4.69, 9.17) is 0 Å². The molecule has 0 saturated carbocycles. The molecule has 182 valence electrons. The van der Waals surface area contributed by atoms with Crippen molar-refractivity contribution in [3.05, 3.63) is 125 Å². The van der Waals surface area contributed by atoms with Crippen molar-refractivity contribution >= 4 is 39.9 Å². The number of urea groups is 1. The Morgan fingerprint density at radius 2 is 1.32 bits per heavy atom. The molecule has 0 spiro atoms. The molecule has 4 aromatic carbocycles. The van der Waals surface area contributed by atoms with Crippen molar-refractivity contribution < 1.29 is 9.59 Å². The summed E-state index contributed by atoms with van der Waals surface area (Å²) in [5, 5.41) is 8.86. The van der Waals surface area contributed by atoms with Crippen molar-refractivity contribution in [3.8, 4) is 5.69 Å². The molecule has 0 fully saturated rings. The van der Waals surface area contributed by atoms with Gasteiger partial charge in [0.2, 0.25) is 0 Å². The second-order valence-electron chi connectivity index (χ2n) is 8.34. The molecule has 3 N–H and O–H groups in total. The largest absolute Gasteiger partial charge is 0.323 e. The maximum atomic E-state index is 13.0. The fraction of sp³-hybridized carbons (Fsp3) is 0.0345. The summed E-state index contributed by atoms with van der Waals surface area (Å²) >= 11 is 0. The number of carbonyl (C=O) groups excluding carboxylic acids is 2. The number of fused-ring (bicyclic) bond motifs is 1. The quantitative estimate of drug-likeness (QED) is 0.299. The predicted octanol–water partition coefficient (Wildman–Crippen LogP) is 5.59. The first kappa shape index (κ1) is 23.5. The fourth-order valence-electron chi connectivity index (χ4n) is 4.00. The summed E-state index contributed by atoms with van der Waals surface area (Å²) in [5.41, 5.74) is 3.24. The Morgan fingerprint density at radius 1 is 0.703 bits per heavy atom. The van der Waals surface area contributed by atoms with Crippen molar-refractivity contribution in [2.75, 3.05) is 16.0 Å². The monoisotopic (exact) mass is 489 g/mol. The summed E-state index contributed by atoms with van der Waals surface area (Å²) in [6.07, 6.45) is 0. The number of aromatic nitrogens is 2. The minimum Gasteiger partial charge on any atom is -0.322 e. The van der Waals surface area contributed by atoms with Crippen LogP contribution in [0.3, 0.4) is 0 Å². The van der Waals surface area contributed by atoms with E-state index in [-0.39, 0.29) is 17.5 Å². The molecule has 3 amide bonds. The van der Waals surface area contributed by atoms with E-state index < -0.39 is 0 Å². The molecule has 5 aromatic rings. The van der Waals surface area contributed by atoms with Crippen LogP contribution in [0.2, 0.25) is 0 Å². The first-order valence-corrected chi connectivity index (χ1v) is 11.6. The predicted molar refractivity (Wildman–Crippen MR) is 146 cm³/mol. The molecule has 37 heavy (non-hydrogen) atoms. The van der Waals surface area contributed by atoms with Crippen molar-refractivity contribution in [1.29, 1.82) is 0 Å². The first-order valence-electron chi connectivity index (χ1n) is 11.6. The van der Waals surface area contributed by atoms with Crippen LogP contribution >= 0.6 is 0 Å². The van der Waals surface area contributed by atoms with Crippen LogP contribution in [-0.2, 0) is 0 Å². The average molecular weight is 490 g/mol. The van der Waals surface area contributed by atoms with Gasteiger partial charge in [0.1, 0.15) is 5.82 Å². The summed E-state index contributed by atoms with van der Waals surface area (Å²) in [5.74, 6) is 0.236. The van der Waals surface area contributed by atoms with E-state index >= 15 is 0 Å². The average Bonchev–Trinajstić information content (AvgIpc) is 2.90. The minimum absolute atomic E-state index is 0.166. The van der Waals surface area contributed by atoms with E-state index in [0.29, 0.717) is 45.0 Å². The van der Waals surface area contributed by atoms with Gasteiger partial charge in [-0.2, -0.15) is 0 Å². The number of amides is 3. The van der Waals surface area contributed by atoms with E-state index in [2.05, 4.69) is 20.9 Å². The standard InChI is InChI=1S/C29H23N5O3/c1-19-30-26-13-6-5-12-25(26)28(36)34(19)24-16-14-20(15-17-24)27(35)31-22-10-7-11-23(18-22)33-29(37)32-21-8-3-2-4-9-21/h2-18H,1H3,(H,31,35)(H2,32,33,37). The number of benzene rings is 4. The molecule has 1 aromatic heterocycles. The third kappa shape index (κ3) is 5.23. The van der Waals surface area contributed by atoms with Crippen molar-refractivity contribution in [2.45, 2.75) is 6.92 Å². The number of rotatable bonds is 5. The normalized spacial score (nSPS) is 10.6. The lowest BCUT2D eigenvalue weighted by Crippen LogP contribution is -2.22. The van der Waals surface area contributed by atoms with Crippen molar-refractivity contribution in [2.24, 2.45) is 0 Å². The number of anilines is 3.